The number of nitrogens with zero attached hydrogens (tertiary/aromatic N) is 3. The molecule has 1 aromatic rings. The number of likely N-dealkylation sites (tertiary alicyclic amines) is 1. The van der Waals surface area contributed by atoms with Gasteiger partial charge in [-0.15, -0.1) is 10.1 Å². The summed E-state index contributed by atoms with van der Waals surface area (Å²) in [5.41, 5.74) is 0.345. The fourth-order valence-corrected chi connectivity index (χ4v) is 2.42. The van der Waals surface area contributed by atoms with Gasteiger partial charge in [0.05, 0.1) is 0 Å². The van der Waals surface area contributed by atoms with E-state index in [1.54, 1.807) is 27.8 Å². The maximum absolute atomic E-state index is 12.0. The molecule has 0 radical (unpaired) electrons. The maximum Gasteiger partial charge on any atom is 0.414 e. The molecule has 1 saturated heterocycles. The Morgan fingerprint density at radius 1 is 1.32 bits per heavy atom. The van der Waals surface area contributed by atoms with E-state index in [2.05, 4.69) is 10.2 Å². The van der Waals surface area contributed by atoms with E-state index in [-0.39, 0.29) is 26.0 Å². The van der Waals surface area contributed by atoms with Gasteiger partial charge in [0.25, 0.3) is 17.7 Å². The highest BCUT2D eigenvalue weighted by atomic mass is 16.9. The van der Waals surface area contributed by atoms with Gasteiger partial charge < -0.3 is 19.8 Å². The second kappa shape index (κ2) is 9.40. The average Bonchev–Trinajstić information content (AvgIpc) is 2.64. The molecule has 0 spiro atoms. The van der Waals surface area contributed by atoms with E-state index >= 15 is 0 Å². The Kier molecular flexibility index (Phi) is 6.93. The fraction of sp³-hybridized carbons (Fsp3) is 0.533. The van der Waals surface area contributed by atoms with Crippen LogP contribution in [0.1, 0.15) is 29.6 Å². The quantitative estimate of drug-likeness (QED) is 0.330. The van der Waals surface area contributed by atoms with Gasteiger partial charge in [0.1, 0.15) is 12.2 Å². The van der Waals surface area contributed by atoms with Crippen LogP contribution >= 0.6 is 0 Å². The SMILES string of the molecule is O=C(NCCO[N+](=O)[O-])c1ccc[n+](COC(=O)N2CCCCC2)c1. The number of nitrogens with one attached hydrogen (secondary N) is 1. The lowest BCUT2D eigenvalue weighted by Gasteiger charge is -2.25. The Bertz CT molecular complexity index is 618. The normalized spacial score (nSPS) is 13.8. The summed E-state index contributed by atoms with van der Waals surface area (Å²) in [6.45, 7) is 1.20. The van der Waals surface area contributed by atoms with Crippen LogP contribution in [0.2, 0.25) is 0 Å². The summed E-state index contributed by atoms with van der Waals surface area (Å²) >= 11 is 0. The van der Waals surface area contributed by atoms with Crippen molar-refractivity contribution in [1.29, 1.82) is 0 Å². The van der Waals surface area contributed by atoms with Crippen molar-refractivity contribution in [3.63, 3.8) is 0 Å². The highest BCUT2D eigenvalue weighted by molar-refractivity contribution is 5.93. The summed E-state index contributed by atoms with van der Waals surface area (Å²) in [6, 6.07) is 3.24. The van der Waals surface area contributed by atoms with Crippen molar-refractivity contribution in [2.24, 2.45) is 0 Å². The fourth-order valence-electron chi connectivity index (χ4n) is 2.42. The zero-order valence-corrected chi connectivity index (χ0v) is 13.8. The van der Waals surface area contributed by atoms with Crippen LogP contribution < -0.4 is 9.88 Å². The molecule has 136 valence electrons. The number of piperidine rings is 1. The molecule has 0 unspecified atom stereocenters. The molecule has 0 aliphatic carbocycles. The zero-order chi connectivity index (χ0) is 18.1. The Labute approximate surface area is 144 Å². The Hall–Kier alpha value is -2.91. The number of carbonyl (C=O) groups is 2. The van der Waals surface area contributed by atoms with Crippen molar-refractivity contribution in [3.05, 3.63) is 40.2 Å². The predicted molar refractivity (Wildman–Crippen MR) is 83.8 cm³/mol. The van der Waals surface area contributed by atoms with Gasteiger partial charge in [0.15, 0.2) is 12.4 Å². The molecule has 1 N–H and O–H groups in total. The van der Waals surface area contributed by atoms with E-state index in [0.29, 0.717) is 18.7 Å². The van der Waals surface area contributed by atoms with Crippen LogP contribution in [0, 0.1) is 10.1 Å². The zero-order valence-electron chi connectivity index (χ0n) is 13.8. The standard InChI is InChI=1S/C15H20N4O6/c20-14(16-6-10-25-19(22)23)13-5-4-7-17(11-13)12-24-15(21)18-8-2-1-3-9-18/h4-5,7,11H,1-3,6,8-10,12H2/p+1. The number of rotatable bonds is 7. The number of aromatic nitrogens is 1. The van der Waals surface area contributed by atoms with Crippen molar-refractivity contribution in [1.82, 2.24) is 10.2 Å². The summed E-state index contributed by atoms with van der Waals surface area (Å²) in [5.74, 6) is -0.399. The van der Waals surface area contributed by atoms with Crippen molar-refractivity contribution in [3.8, 4) is 0 Å². The number of hydrogen-bond donors (Lipinski definition) is 1. The van der Waals surface area contributed by atoms with Crippen LogP contribution in [0.3, 0.4) is 0 Å². The molecule has 1 aliphatic heterocycles. The molecule has 10 nitrogen and oxygen atoms in total. The van der Waals surface area contributed by atoms with Gasteiger partial charge in [-0.05, 0) is 25.3 Å². The van der Waals surface area contributed by atoms with Crippen LogP contribution in [0.25, 0.3) is 0 Å². The summed E-state index contributed by atoms with van der Waals surface area (Å²) in [6.07, 6.45) is 5.95. The topological polar surface area (TPSA) is 115 Å². The molecule has 2 heterocycles. The number of amides is 2. The second-order valence-corrected chi connectivity index (χ2v) is 5.51. The molecule has 2 rings (SSSR count). The van der Waals surface area contributed by atoms with E-state index in [0.717, 1.165) is 19.3 Å². The number of pyridine rings is 1. The largest absolute Gasteiger partial charge is 0.414 e. The van der Waals surface area contributed by atoms with Gasteiger partial charge in [0.2, 0.25) is 0 Å². The Balaban J connectivity index is 1.80. The van der Waals surface area contributed by atoms with Gasteiger partial charge in [-0.25, -0.2) is 4.79 Å². The van der Waals surface area contributed by atoms with Crippen LogP contribution in [0.5, 0.6) is 0 Å². The van der Waals surface area contributed by atoms with E-state index in [9.17, 15) is 19.7 Å². The van der Waals surface area contributed by atoms with Crippen molar-refractivity contribution >= 4 is 12.0 Å². The monoisotopic (exact) mass is 353 g/mol. The molecule has 1 aromatic heterocycles. The number of carbonyl (C=O) groups excluding carboxylic acids is 2. The molecule has 0 bridgehead atoms. The lowest BCUT2D eigenvalue weighted by molar-refractivity contribution is -0.757. The van der Waals surface area contributed by atoms with Gasteiger partial charge in [-0.3, -0.25) is 4.79 Å². The third-order valence-electron chi connectivity index (χ3n) is 3.66. The lowest BCUT2D eigenvalue weighted by atomic mass is 10.1. The molecule has 10 heteroatoms. The van der Waals surface area contributed by atoms with Crippen LogP contribution in [0.4, 0.5) is 4.79 Å². The van der Waals surface area contributed by atoms with E-state index in [1.165, 1.54) is 6.20 Å². The molecule has 1 fully saturated rings. The average molecular weight is 353 g/mol. The van der Waals surface area contributed by atoms with Crippen molar-refractivity contribution < 1.29 is 28.8 Å². The smallest absolute Gasteiger partial charge is 0.388 e. The maximum atomic E-state index is 12.0. The molecule has 2 amide bonds. The minimum atomic E-state index is -0.917. The lowest BCUT2D eigenvalue weighted by Crippen LogP contribution is -2.42. The summed E-state index contributed by atoms with van der Waals surface area (Å²) in [4.78, 5) is 39.7. The molecule has 0 saturated carbocycles. The minimum absolute atomic E-state index is 0.000881. The first-order valence-corrected chi connectivity index (χ1v) is 8.02. The van der Waals surface area contributed by atoms with Crippen LogP contribution in [0.15, 0.2) is 24.5 Å². The Morgan fingerprint density at radius 2 is 2.08 bits per heavy atom. The third-order valence-corrected chi connectivity index (χ3v) is 3.66. The highest BCUT2D eigenvalue weighted by Crippen LogP contribution is 2.09. The first-order chi connectivity index (χ1) is 12.1. The van der Waals surface area contributed by atoms with Gasteiger partial charge >= 0.3 is 6.09 Å². The van der Waals surface area contributed by atoms with E-state index < -0.39 is 11.0 Å². The number of ether oxygens (including phenoxy) is 1. The van der Waals surface area contributed by atoms with E-state index in [1.807, 2.05) is 0 Å². The molecule has 0 aromatic carbocycles. The van der Waals surface area contributed by atoms with Crippen molar-refractivity contribution in [2.75, 3.05) is 26.2 Å². The predicted octanol–water partition coefficient (Wildman–Crippen LogP) is 0.492. The molecule has 0 atom stereocenters. The van der Waals surface area contributed by atoms with Crippen LogP contribution in [-0.2, 0) is 16.3 Å². The Morgan fingerprint density at radius 3 is 2.80 bits per heavy atom. The van der Waals surface area contributed by atoms with Gasteiger partial charge in [-0.1, -0.05) is 0 Å². The second-order valence-electron chi connectivity index (χ2n) is 5.51. The van der Waals surface area contributed by atoms with E-state index in [4.69, 9.17) is 4.74 Å². The summed E-state index contributed by atoms with van der Waals surface area (Å²) in [7, 11) is 0. The first kappa shape index (κ1) is 18.4. The third kappa shape index (κ3) is 6.24. The molecule has 1 aliphatic rings. The summed E-state index contributed by atoms with van der Waals surface area (Å²) < 4.78 is 6.82. The van der Waals surface area contributed by atoms with Gasteiger partial charge in [0, 0.05) is 25.7 Å². The highest BCUT2D eigenvalue weighted by Gasteiger charge is 2.19. The number of hydrogen-bond acceptors (Lipinski definition) is 6. The summed E-state index contributed by atoms with van der Waals surface area (Å²) in [5, 5.41) is 11.6. The van der Waals surface area contributed by atoms with Gasteiger partial charge in [-0.2, -0.15) is 4.57 Å². The molecular weight excluding hydrogens is 332 g/mol. The minimum Gasteiger partial charge on any atom is -0.388 e. The molecular formula is C15H21N4O6+. The first-order valence-electron chi connectivity index (χ1n) is 8.02. The molecule has 25 heavy (non-hydrogen) atoms. The van der Waals surface area contributed by atoms with Crippen molar-refractivity contribution in [2.45, 2.75) is 26.0 Å². The van der Waals surface area contributed by atoms with Crippen LogP contribution in [-0.4, -0.2) is 48.2 Å².